The number of esters is 1. The van der Waals surface area contributed by atoms with Gasteiger partial charge in [-0.05, 0) is 24.6 Å². The summed E-state index contributed by atoms with van der Waals surface area (Å²) in [6.07, 6.45) is -2.84. The molecule has 0 aliphatic rings. The summed E-state index contributed by atoms with van der Waals surface area (Å²) >= 11 is 0. The number of rotatable bonds is 4. The zero-order chi connectivity index (χ0) is 13.7. The maximum Gasteiger partial charge on any atom is 0.339 e. The Morgan fingerprint density at radius 3 is 2.67 bits per heavy atom. The van der Waals surface area contributed by atoms with E-state index in [1.807, 2.05) is 0 Å². The van der Waals surface area contributed by atoms with Gasteiger partial charge in [0, 0.05) is 5.56 Å². The van der Waals surface area contributed by atoms with Gasteiger partial charge in [-0.15, -0.1) is 0 Å². The average molecular weight is 255 g/mol. The van der Waals surface area contributed by atoms with Gasteiger partial charge in [-0.3, -0.25) is 0 Å². The van der Waals surface area contributed by atoms with Crippen LogP contribution in [0.4, 0.5) is 8.78 Å². The summed E-state index contributed by atoms with van der Waals surface area (Å²) in [6, 6.07) is 3.69. The van der Waals surface area contributed by atoms with E-state index in [-0.39, 0.29) is 23.3 Å². The highest BCUT2D eigenvalue weighted by molar-refractivity contribution is 5.92. The lowest BCUT2D eigenvalue weighted by Gasteiger charge is -2.10. The molecule has 0 unspecified atom stereocenters. The number of carbonyl (C=O) groups is 1. The highest BCUT2D eigenvalue weighted by atomic mass is 19.3. The van der Waals surface area contributed by atoms with Crippen LogP contribution in [-0.2, 0) is 11.3 Å². The summed E-state index contributed by atoms with van der Waals surface area (Å²) in [7, 11) is 0. The number of benzene rings is 1. The minimum absolute atomic E-state index is 0.0744. The molecule has 0 saturated carbocycles. The third-order valence-corrected chi connectivity index (χ3v) is 2.30. The largest absolute Gasteiger partial charge is 0.462 e. The summed E-state index contributed by atoms with van der Waals surface area (Å²) in [6.45, 7) is 1.02. The van der Waals surface area contributed by atoms with E-state index in [1.165, 1.54) is 0 Å². The topological polar surface area (TPSA) is 70.3 Å². The van der Waals surface area contributed by atoms with Gasteiger partial charge in [-0.1, -0.05) is 0 Å². The molecule has 6 heteroatoms. The van der Waals surface area contributed by atoms with E-state index in [0.717, 1.165) is 12.1 Å². The molecule has 0 aliphatic carbocycles. The second-order valence-corrected chi connectivity index (χ2v) is 3.39. The summed E-state index contributed by atoms with van der Waals surface area (Å²) in [5, 5.41) is 17.8. The Hall–Kier alpha value is -2.00. The molecule has 1 aromatic rings. The van der Waals surface area contributed by atoms with Crippen molar-refractivity contribution in [1.82, 2.24) is 0 Å². The molecule has 1 N–H and O–H groups in total. The van der Waals surface area contributed by atoms with Gasteiger partial charge in [0.1, 0.15) is 6.07 Å². The van der Waals surface area contributed by atoms with Gasteiger partial charge in [0.25, 0.3) is 6.43 Å². The molecule has 1 rings (SSSR count). The van der Waals surface area contributed by atoms with Gasteiger partial charge >= 0.3 is 5.97 Å². The molecule has 0 amide bonds. The first-order chi connectivity index (χ1) is 8.54. The molecular weight excluding hydrogens is 244 g/mol. The summed E-state index contributed by atoms with van der Waals surface area (Å²) in [5.74, 6) is -0.833. The number of hydrogen-bond acceptors (Lipinski definition) is 4. The molecule has 0 atom stereocenters. The zero-order valence-corrected chi connectivity index (χ0v) is 9.61. The van der Waals surface area contributed by atoms with Gasteiger partial charge in [0.05, 0.1) is 24.3 Å². The molecule has 1 aromatic carbocycles. The number of ether oxygens (including phenoxy) is 1. The van der Waals surface area contributed by atoms with E-state index in [9.17, 15) is 13.6 Å². The molecule has 0 bridgehead atoms. The summed E-state index contributed by atoms with van der Waals surface area (Å²) < 4.78 is 30.1. The van der Waals surface area contributed by atoms with Crippen LogP contribution < -0.4 is 0 Å². The first-order valence-corrected chi connectivity index (χ1v) is 5.18. The number of alkyl halides is 2. The first kappa shape index (κ1) is 14.1. The predicted molar refractivity (Wildman–Crippen MR) is 58.0 cm³/mol. The predicted octanol–water partition coefficient (Wildman–Crippen LogP) is 2.16. The fourth-order valence-corrected chi connectivity index (χ4v) is 1.47. The Labute approximate surface area is 102 Å². The Balaban J connectivity index is 3.37. The fraction of sp³-hybridized carbons (Fsp3) is 0.333. The lowest BCUT2D eigenvalue weighted by Crippen LogP contribution is -2.09. The SMILES string of the molecule is CCOC(=O)c1cc(C(F)F)c(CO)cc1C#N. The van der Waals surface area contributed by atoms with Gasteiger partial charge in [0.2, 0.25) is 0 Å². The third kappa shape index (κ3) is 2.81. The smallest absolute Gasteiger partial charge is 0.339 e. The van der Waals surface area contributed by atoms with Crippen LogP contribution in [0.3, 0.4) is 0 Å². The second kappa shape index (κ2) is 6.07. The van der Waals surface area contributed by atoms with Crippen molar-refractivity contribution >= 4 is 5.97 Å². The summed E-state index contributed by atoms with van der Waals surface area (Å²) in [5.41, 5.74) is -0.858. The molecule has 4 nitrogen and oxygen atoms in total. The molecule has 0 fully saturated rings. The molecule has 0 radical (unpaired) electrons. The van der Waals surface area contributed by atoms with Crippen LogP contribution in [0.15, 0.2) is 12.1 Å². The Bertz CT molecular complexity index is 495. The standard InChI is InChI=1S/C12H11F2NO3/c1-2-18-12(17)10-4-9(11(13)14)8(6-16)3-7(10)5-15/h3-4,11,16H,2,6H2,1H3. The van der Waals surface area contributed by atoms with E-state index in [2.05, 4.69) is 4.74 Å². The van der Waals surface area contributed by atoms with Gasteiger partial charge in [-0.2, -0.15) is 5.26 Å². The quantitative estimate of drug-likeness (QED) is 0.837. The van der Waals surface area contributed by atoms with Gasteiger partial charge in [0.15, 0.2) is 0 Å². The van der Waals surface area contributed by atoms with Crippen molar-refractivity contribution in [3.05, 3.63) is 34.4 Å². The second-order valence-electron chi connectivity index (χ2n) is 3.39. The highest BCUT2D eigenvalue weighted by Crippen LogP contribution is 2.26. The molecular formula is C12H11F2NO3. The Kier molecular flexibility index (Phi) is 4.75. The van der Waals surface area contributed by atoms with Crippen LogP contribution in [0, 0.1) is 11.3 Å². The van der Waals surface area contributed by atoms with Crippen molar-refractivity contribution in [3.63, 3.8) is 0 Å². The van der Waals surface area contributed by atoms with Crippen LogP contribution in [0.2, 0.25) is 0 Å². The molecule has 18 heavy (non-hydrogen) atoms. The lowest BCUT2D eigenvalue weighted by atomic mass is 9.99. The number of aliphatic hydroxyl groups is 1. The minimum atomic E-state index is -2.84. The maximum absolute atomic E-state index is 12.7. The van der Waals surface area contributed by atoms with E-state index in [1.54, 1.807) is 13.0 Å². The van der Waals surface area contributed by atoms with Crippen molar-refractivity contribution in [2.45, 2.75) is 20.0 Å². The number of hydrogen-bond donors (Lipinski definition) is 1. The summed E-state index contributed by atoms with van der Waals surface area (Å²) in [4.78, 5) is 11.5. The molecule has 96 valence electrons. The van der Waals surface area contributed by atoms with Crippen LogP contribution in [0.1, 0.15) is 40.4 Å². The first-order valence-electron chi connectivity index (χ1n) is 5.18. The van der Waals surface area contributed by atoms with Crippen LogP contribution in [0.5, 0.6) is 0 Å². The van der Waals surface area contributed by atoms with Crippen molar-refractivity contribution in [3.8, 4) is 6.07 Å². The molecule has 0 aromatic heterocycles. The minimum Gasteiger partial charge on any atom is -0.462 e. The van der Waals surface area contributed by atoms with E-state index >= 15 is 0 Å². The number of halogens is 2. The zero-order valence-electron chi connectivity index (χ0n) is 9.61. The number of carbonyl (C=O) groups excluding carboxylic acids is 1. The third-order valence-electron chi connectivity index (χ3n) is 2.30. The van der Waals surface area contributed by atoms with E-state index in [0.29, 0.717) is 0 Å². The van der Waals surface area contributed by atoms with Gasteiger partial charge in [-0.25, -0.2) is 13.6 Å². The Morgan fingerprint density at radius 2 is 2.22 bits per heavy atom. The fourth-order valence-electron chi connectivity index (χ4n) is 1.47. The van der Waals surface area contributed by atoms with E-state index in [4.69, 9.17) is 10.4 Å². The lowest BCUT2D eigenvalue weighted by molar-refractivity contribution is 0.0525. The number of nitrogens with zero attached hydrogens (tertiary/aromatic N) is 1. The van der Waals surface area contributed by atoms with E-state index < -0.39 is 24.6 Å². The molecule has 0 aliphatic heterocycles. The van der Waals surface area contributed by atoms with Crippen molar-refractivity contribution in [2.75, 3.05) is 6.61 Å². The van der Waals surface area contributed by atoms with Crippen molar-refractivity contribution < 1.29 is 23.4 Å². The monoisotopic (exact) mass is 255 g/mol. The van der Waals surface area contributed by atoms with Crippen molar-refractivity contribution in [2.24, 2.45) is 0 Å². The number of aliphatic hydroxyl groups excluding tert-OH is 1. The van der Waals surface area contributed by atoms with Crippen LogP contribution in [-0.4, -0.2) is 17.7 Å². The van der Waals surface area contributed by atoms with Crippen LogP contribution in [0.25, 0.3) is 0 Å². The molecule has 0 spiro atoms. The number of nitriles is 1. The van der Waals surface area contributed by atoms with Crippen molar-refractivity contribution in [1.29, 1.82) is 5.26 Å². The normalized spacial score (nSPS) is 10.2. The maximum atomic E-state index is 12.7. The highest BCUT2D eigenvalue weighted by Gasteiger charge is 2.20. The van der Waals surface area contributed by atoms with Gasteiger partial charge < -0.3 is 9.84 Å². The average Bonchev–Trinajstić information content (AvgIpc) is 2.37. The Morgan fingerprint density at radius 1 is 1.56 bits per heavy atom. The van der Waals surface area contributed by atoms with Crippen LogP contribution >= 0.6 is 0 Å². The molecule has 0 heterocycles. The molecule has 0 saturated heterocycles.